The van der Waals surface area contributed by atoms with Crippen molar-refractivity contribution in [3.63, 3.8) is 0 Å². The van der Waals surface area contributed by atoms with Gasteiger partial charge in [-0.3, -0.25) is 0 Å². The van der Waals surface area contributed by atoms with Gasteiger partial charge in [-0.15, -0.1) is 0 Å². The van der Waals surface area contributed by atoms with Crippen LogP contribution >= 0.6 is 0 Å². The summed E-state index contributed by atoms with van der Waals surface area (Å²) in [7, 11) is 0. The highest BCUT2D eigenvalue weighted by atomic mass is 14.9. The molecule has 0 radical (unpaired) electrons. The molecule has 0 saturated carbocycles. The van der Waals surface area contributed by atoms with Crippen molar-refractivity contribution in [1.29, 1.82) is 0 Å². The number of nitrogens with two attached hydrogens (primary N) is 1. The largest absolute Gasteiger partial charge is 0.399 e. The van der Waals surface area contributed by atoms with Gasteiger partial charge in [0.2, 0.25) is 0 Å². The molecule has 2 aromatic rings. The van der Waals surface area contributed by atoms with Crippen molar-refractivity contribution >= 4 is 23.5 Å². The van der Waals surface area contributed by atoms with Crippen LogP contribution in [0.5, 0.6) is 0 Å². The third-order valence-corrected chi connectivity index (χ3v) is 3.08. The number of hydrogen-bond acceptors (Lipinski definition) is 2. The van der Waals surface area contributed by atoms with Crippen LogP contribution in [0.15, 0.2) is 43.6 Å². The normalized spacial score (nSPS) is 10.1. The number of aromatic nitrogens is 1. The van der Waals surface area contributed by atoms with Crippen LogP contribution in [0.4, 0.5) is 11.4 Å². The molecule has 4 N–H and O–H groups in total. The Morgan fingerprint density at radius 1 is 1.16 bits per heavy atom. The van der Waals surface area contributed by atoms with Crippen molar-refractivity contribution in [1.82, 2.24) is 4.98 Å². The lowest BCUT2D eigenvalue weighted by molar-refractivity contribution is 1.02. The topological polar surface area (TPSA) is 53.8 Å². The Bertz CT molecular complexity index is 564. The molecule has 0 amide bonds. The lowest BCUT2D eigenvalue weighted by atomic mass is 10.1. The van der Waals surface area contributed by atoms with E-state index in [9.17, 15) is 0 Å². The third kappa shape index (κ3) is 3.07. The van der Waals surface area contributed by atoms with Crippen molar-refractivity contribution < 1.29 is 0 Å². The maximum atomic E-state index is 5.65. The molecule has 98 valence electrons. The van der Waals surface area contributed by atoms with Crippen LogP contribution in [0.25, 0.3) is 12.2 Å². The summed E-state index contributed by atoms with van der Waals surface area (Å²) in [6.07, 6.45) is 6.62. The molecule has 2 rings (SSSR count). The number of anilines is 2. The first kappa shape index (κ1) is 13.0. The van der Waals surface area contributed by atoms with Crippen LogP contribution in [0.3, 0.4) is 0 Å². The maximum absolute atomic E-state index is 5.65. The lowest BCUT2D eigenvalue weighted by Crippen LogP contribution is -2.05. The van der Waals surface area contributed by atoms with Crippen LogP contribution in [-0.2, 0) is 6.42 Å². The first-order valence-electron chi connectivity index (χ1n) is 6.29. The summed E-state index contributed by atoms with van der Waals surface area (Å²) < 4.78 is 0. The Hall–Kier alpha value is -2.42. The quantitative estimate of drug-likeness (QED) is 0.690. The molecule has 0 unspecified atom stereocenters. The second-order valence-electron chi connectivity index (χ2n) is 4.35. The summed E-state index contributed by atoms with van der Waals surface area (Å²) >= 11 is 0. The fraction of sp³-hybridized carbons (Fsp3) is 0.125. The molecule has 0 saturated heterocycles. The molecular formula is C16H19N3. The zero-order chi connectivity index (χ0) is 13.7. The second kappa shape index (κ2) is 5.96. The summed E-state index contributed by atoms with van der Waals surface area (Å²) in [6.45, 7) is 8.49. The van der Waals surface area contributed by atoms with Gasteiger partial charge in [0, 0.05) is 35.4 Å². The Morgan fingerprint density at radius 3 is 2.53 bits per heavy atom. The number of nitrogens with one attached hydrogen (secondary N) is 2. The van der Waals surface area contributed by atoms with Crippen molar-refractivity contribution in [2.75, 3.05) is 17.6 Å². The number of hydrogen-bond donors (Lipinski definition) is 3. The minimum atomic E-state index is 0.778. The van der Waals surface area contributed by atoms with Gasteiger partial charge in [-0.05, 0) is 42.3 Å². The van der Waals surface area contributed by atoms with E-state index in [1.807, 2.05) is 42.6 Å². The van der Waals surface area contributed by atoms with Gasteiger partial charge >= 0.3 is 0 Å². The van der Waals surface area contributed by atoms with Crippen LogP contribution < -0.4 is 11.1 Å². The molecule has 0 spiro atoms. The smallest absolute Gasteiger partial charge is 0.0450 e. The number of nitrogen functional groups attached to an aromatic ring is 1. The first-order chi connectivity index (χ1) is 9.24. The molecule has 1 heterocycles. The molecule has 0 aliphatic heterocycles. The molecule has 0 bridgehead atoms. The first-order valence-corrected chi connectivity index (χ1v) is 6.29. The van der Waals surface area contributed by atoms with Gasteiger partial charge in [-0.2, -0.15) is 0 Å². The van der Waals surface area contributed by atoms with E-state index >= 15 is 0 Å². The molecule has 1 aromatic heterocycles. The zero-order valence-electron chi connectivity index (χ0n) is 10.9. The summed E-state index contributed by atoms with van der Waals surface area (Å²) in [6, 6.07) is 7.75. The predicted octanol–water partition coefficient (Wildman–Crippen LogP) is 3.54. The van der Waals surface area contributed by atoms with Gasteiger partial charge in [0.25, 0.3) is 0 Å². The van der Waals surface area contributed by atoms with Crippen molar-refractivity contribution in [3.8, 4) is 0 Å². The monoisotopic (exact) mass is 253 g/mol. The van der Waals surface area contributed by atoms with E-state index < -0.39 is 0 Å². The van der Waals surface area contributed by atoms with E-state index in [-0.39, 0.29) is 0 Å². The van der Waals surface area contributed by atoms with E-state index in [0.717, 1.165) is 35.6 Å². The average Bonchev–Trinajstić information content (AvgIpc) is 2.83. The maximum Gasteiger partial charge on any atom is 0.0450 e. The average molecular weight is 253 g/mol. The van der Waals surface area contributed by atoms with E-state index in [2.05, 4.69) is 23.5 Å². The molecule has 19 heavy (non-hydrogen) atoms. The van der Waals surface area contributed by atoms with Gasteiger partial charge in [0.1, 0.15) is 0 Å². The van der Waals surface area contributed by atoms with Gasteiger partial charge in [-0.1, -0.05) is 19.2 Å². The number of H-pyrrole nitrogens is 1. The summed E-state index contributed by atoms with van der Waals surface area (Å²) in [5, 5.41) is 3.37. The minimum Gasteiger partial charge on any atom is -0.399 e. The molecule has 0 aliphatic carbocycles. The molecule has 1 aromatic carbocycles. The van der Waals surface area contributed by atoms with E-state index in [0.29, 0.717) is 0 Å². The van der Waals surface area contributed by atoms with Crippen LogP contribution in [-0.4, -0.2) is 11.5 Å². The van der Waals surface area contributed by atoms with Crippen LogP contribution in [0.1, 0.15) is 16.8 Å². The highest BCUT2D eigenvalue weighted by molar-refractivity contribution is 5.64. The molecule has 3 nitrogen and oxygen atoms in total. The third-order valence-electron chi connectivity index (χ3n) is 3.08. The highest BCUT2D eigenvalue weighted by Gasteiger charge is 2.05. The van der Waals surface area contributed by atoms with Crippen LogP contribution in [0.2, 0.25) is 0 Å². The number of benzene rings is 1. The van der Waals surface area contributed by atoms with E-state index in [1.165, 1.54) is 5.56 Å². The number of rotatable bonds is 6. The summed E-state index contributed by atoms with van der Waals surface area (Å²) in [4.78, 5) is 3.20. The van der Waals surface area contributed by atoms with E-state index in [1.54, 1.807) is 0 Å². The molecule has 3 heteroatoms. The Labute approximate surface area is 113 Å². The van der Waals surface area contributed by atoms with Crippen molar-refractivity contribution in [2.24, 2.45) is 0 Å². The Balaban J connectivity index is 1.95. The predicted molar refractivity (Wildman–Crippen MR) is 84.0 cm³/mol. The van der Waals surface area contributed by atoms with Gasteiger partial charge in [-0.25, -0.2) is 0 Å². The van der Waals surface area contributed by atoms with E-state index in [4.69, 9.17) is 5.73 Å². The van der Waals surface area contributed by atoms with Crippen LogP contribution in [0, 0.1) is 0 Å². The molecule has 0 aliphatic rings. The molecule has 0 fully saturated rings. The lowest BCUT2D eigenvalue weighted by Gasteiger charge is -2.06. The number of aromatic amines is 1. The zero-order valence-corrected chi connectivity index (χ0v) is 10.9. The van der Waals surface area contributed by atoms with Crippen molar-refractivity contribution in [3.05, 3.63) is 60.4 Å². The second-order valence-corrected chi connectivity index (χ2v) is 4.35. The van der Waals surface area contributed by atoms with Gasteiger partial charge in [0.15, 0.2) is 0 Å². The highest BCUT2D eigenvalue weighted by Crippen LogP contribution is 2.17. The fourth-order valence-corrected chi connectivity index (χ4v) is 2.05. The van der Waals surface area contributed by atoms with Gasteiger partial charge in [0.05, 0.1) is 0 Å². The Morgan fingerprint density at radius 2 is 1.89 bits per heavy atom. The molecule has 0 atom stereocenters. The summed E-state index contributed by atoms with van der Waals surface area (Å²) in [5.74, 6) is 0. The summed E-state index contributed by atoms with van der Waals surface area (Å²) in [5.41, 5.74) is 10.9. The van der Waals surface area contributed by atoms with Crippen molar-refractivity contribution in [2.45, 2.75) is 6.42 Å². The standard InChI is InChI=1S/C16H19N3/c1-3-15-12(11-19-16(15)4-2)9-10-18-14-7-5-13(17)6-8-14/h3-8,11,18-19H,1-2,9-10,17H2. The molecular weight excluding hydrogens is 234 g/mol. The Kier molecular flexibility index (Phi) is 4.08. The fourth-order valence-electron chi connectivity index (χ4n) is 2.05. The van der Waals surface area contributed by atoms with Gasteiger partial charge < -0.3 is 16.0 Å². The minimum absolute atomic E-state index is 0.778. The SMILES string of the molecule is C=Cc1[nH]cc(CCNc2ccc(N)cc2)c1C=C.